The number of amides is 1. The molecule has 98 valence electrons. The third-order valence-corrected chi connectivity index (χ3v) is 3.00. The average Bonchev–Trinajstić information content (AvgIpc) is 2.71. The molecule has 1 aliphatic carbocycles. The first-order chi connectivity index (χ1) is 8.44. The van der Waals surface area contributed by atoms with Gasteiger partial charge >= 0.3 is 6.09 Å². The molecule has 3 heteroatoms. The molecule has 1 aliphatic rings. The Bertz CT molecular complexity index is 446. The van der Waals surface area contributed by atoms with Crippen LogP contribution in [-0.2, 0) is 24.1 Å². The summed E-state index contributed by atoms with van der Waals surface area (Å²) in [7, 11) is 0. The zero-order valence-electron chi connectivity index (χ0n) is 11.4. The lowest BCUT2D eigenvalue weighted by atomic mass is 10.1. The lowest BCUT2D eigenvalue weighted by Gasteiger charge is -2.19. The molecular formula is C15H21NO2. The predicted molar refractivity (Wildman–Crippen MR) is 71.5 cm³/mol. The van der Waals surface area contributed by atoms with Gasteiger partial charge in [0.25, 0.3) is 0 Å². The summed E-state index contributed by atoms with van der Waals surface area (Å²) in [6, 6.07) is 6.45. The zero-order valence-corrected chi connectivity index (χ0v) is 11.4. The fraction of sp³-hybridized carbons (Fsp3) is 0.533. The van der Waals surface area contributed by atoms with Gasteiger partial charge in [0, 0.05) is 6.54 Å². The van der Waals surface area contributed by atoms with Crippen LogP contribution in [0.1, 0.15) is 43.9 Å². The quantitative estimate of drug-likeness (QED) is 0.871. The highest BCUT2D eigenvalue weighted by Gasteiger charge is 2.16. The molecular weight excluding hydrogens is 226 g/mol. The van der Waals surface area contributed by atoms with Crippen molar-refractivity contribution in [2.24, 2.45) is 0 Å². The van der Waals surface area contributed by atoms with Gasteiger partial charge in [-0.1, -0.05) is 18.2 Å². The highest BCUT2D eigenvalue weighted by Crippen LogP contribution is 2.22. The molecule has 0 fully saturated rings. The van der Waals surface area contributed by atoms with E-state index in [0.717, 1.165) is 12.0 Å². The third kappa shape index (κ3) is 3.49. The lowest BCUT2D eigenvalue weighted by molar-refractivity contribution is 0.0523. The Morgan fingerprint density at radius 1 is 1.28 bits per heavy atom. The number of fused-ring (bicyclic) bond motifs is 1. The first kappa shape index (κ1) is 12.9. The molecule has 2 rings (SSSR count). The molecule has 3 nitrogen and oxygen atoms in total. The first-order valence-electron chi connectivity index (χ1n) is 6.51. The number of hydrogen-bond acceptors (Lipinski definition) is 2. The molecule has 0 saturated heterocycles. The Hall–Kier alpha value is -1.51. The molecule has 0 spiro atoms. The van der Waals surface area contributed by atoms with Gasteiger partial charge in [-0.25, -0.2) is 4.79 Å². The fourth-order valence-electron chi connectivity index (χ4n) is 2.22. The Labute approximate surface area is 109 Å². The summed E-state index contributed by atoms with van der Waals surface area (Å²) in [5, 5.41) is 2.79. The minimum absolute atomic E-state index is 0.358. The molecule has 18 heavy (non-hydrogen) atoms. The van der Waals surface area contributed by atoms with Crippen LogP contribution in [0.5, 0.6) is 0 Å². The number of nitrogens with one attached hydrogen (secondary N) is 1. The van der Waals surface area contributed by atoms with Crippen LogP contribution in [-0.4, -0.2) is 11.7 Å². The second-order valence-electron chi connectivity index (χ2n) is 5.81. The van der Waals surface area contributed by atoms with E-state index in [-0.39, 0.29) is 6.09 Å². The number of benzene rings is 1. The maximum atomic E-state index is 11.5. The van der Waals surface area contributed by atoms with Crippen LogP contribution in [0.15, 0.2) is 18.2 Å². The van der Waals surface area contributed by atoms with Crippen molar-refractivity contribution in [3.63, 3.8) is 0 Å². The average molecular weight is 247 g/mol. The largest absolute Gasteiger partial charge is 0.444 e. The van der Waals surface area contributed by atoms with Gasteiger partial charge in [-0.15, -0.1) is 0 Å². The van der Waals surface area contributed by atoms with Gasteiger partial charge < -0.3 is 10.1 Å². The predicted octanol–water partition coefficient (Wildman–Crippen LogP) is 3.20. The monoisotopic (exact) mass is 247 g/mol. The van der Waals surface area contributed by atoms with Crippen LogP contribution in [0.4, 0.5) is 4.79 Å². The van der Waals surface area contributed by atoms with E-state index in [1.165, 1.54) is 24.0 Å². The van der Waals surface area contributed by atoms with Crippen LogP contribution >= 0.6 is 0 Å². The summed E-state index contributed by atoms with van der Waals surface area (Å²) in [5.74, 6) is 0. The van der Waals surface area contributed by atoms with Crippen molar-refractivity contribution >= 4 is 6.09 Å². The van der Waals surface area contributed by atoms with Gasteiger partial charge in [-0.05, 0) is 56.7 Å². The maximum absolute atomic E-state index is 11.5. The Morgan fingerprint density at radius 2 is 2.00 bits per heavy atom. The van der Waals surface area contributed by atoms with E-state index >= 15 is 0 Å². The highest BCUT2D eigenvalue weighted by molar-refractivity contribution is 5.67. The van der Waals surface area contributed by atoms with E-state index in [1.54, 1.807) is 0 Å². The molecule has 0 radical (unpaired) electrons. The van der Waals surface area contributed by atoms with Gasteiger partial charge in [0.15, 0.2) is 0 Å². The van der Waals surface area contributed by atoms with Crippen LogP contribution in [0.3, 0.4) is 0 Å². The number of hydrogen-bond donors (Lipinski definition) is 1. The van der Waals surface area contributed by atoms with Gasteiger partial charge in [-0.3, -0.25) is 0 Å². The minimum atomic E-state index is -0.442. The van der Waals surface area contributed by atoms with Gasteiger partial charge in [-0.2, -0.15) is 0 Å². The van der Waals surface area contributed by atoms with Crippen LogP contribution < -0.4 is 5.32 Å². The Balaban J connectivity index is 1.89. The van der Waals surface area contributed by atoms with Gasteiger partial charge in [0.1, 0.15) is 5.60 Å². The lowest BCUT2D eigenvalue weighted by Crippen LogP contribution is -2.32. The first-order valence-corrected chi connectivity index (χ1v) is 6.51. The summed E-state index contributed by atoms with van der Waals surface area (Å²) < 4.78 is 5.20. The van der Waals surface area contributed by atoms with Crippen LogP contribution in [0.25, 0.3) is 0 Å². The topological polar surface area (TPSA) is 38.3 Å². The van der Waals surface area contributed by atoms with Gasteiger partial charge in [0.05, 0.1) is 0 Å². The number of carbonyl (C=O) groups excluding carboxylic acids is 1. The summed E-state index contributed by atoms with van der Waals surface area (Å²) in [6.45, 7) is 6.12. The molecule has 0 saturated carbocycles. The van der Waals surface area contributed by atoms with Crippen LogP contribution in [0.2, 0.25) is 0 Å². The summed E-state index contributed by atoms with van der Waals surface area (Å²) in [6.07, 6.45) is 3.24. The Morgan fingerprint density at radius 3 is 2.72 bits per heavy atom. The minimum Gasteiger partial charge on any atom is -0.444 e. The van der Waals surface area contributed by atoms with Crippen molar-refractivity contribution < 1.29 is 9.53 Å². The van der Waals surface area contributed by atoms with E-state index < -0.39 is 5.60 Å². The van der Waals surface area contributed by atoms with Crippen molar-refractivity contribution in [3.8, 4) is 0 Å². The highest BCUT2D eigenvalue weighted by atomic mass is 16.6. The SMILES string of the molecule is CC(C)(C)OC(=O)NCc1ccc2c(c1)CCC2. The van der Waals surface area contributed by atoms with Crippen molar-refractivity contribution in [3.05, 3.63) is 34.9 Å². The zero-order chi connectivity index (χ0) is 13.2. The number of alkyl carbamates (subject to hydrolysis) is 1. The van der Waals surface area contributed by atoms with Crippen molar-refractivity contribution in [1.82, 2.24) is 5.32 Å². The van der Waals surface area contributed by atoms with Crippen LogP contribution in [0, 0.1) is 0 Å². The summed E-state index contributed by atoms with van der Waals surface area (Å²) in [4.78, 5) is 11.5. The Kier molecular flexibility index (Phi) is 3.60. The third-order valence-electron chi connectivity index (χ3n) is 3.00. The molecule has 0 heterocycles. The molecule has 1 N–H and O–H groups in total. The molecule has 0 bridgehead atoms. The molecule has 0 aromatic heterocycles. The number of ether oxygens (including phenoxy) is 1. The van der Waals surface area contributed by atoms with Crippen molar-refractivity contribution in [2.75, 3.05) is 0 Å². The maximum Gasteiger partial charge on any atom is 0.407 e. The summed E-state index contributed by atoms with van der Waals surface area (Å²) in [5.41, 5.74) is 3.58. The molecule has 0 aliphatic heterocycles. The van der Waals surface area contributed by atoms with Crippen molar-refractivity contribution in [1.29, 1.82) is 0 Å². The molecule has 1 aromatic rings. The molecule has 1 aromatic carbocycles. The second-order valence-corrected chi connectivity index (χ2v) is 5.81. The normalized spacial score (nSPS) is 14.2. The van der Waals surface area contributed by atoms with E-state index in [9.17, 15) is 4.79 Å². The molecule has 0 unspecified atom stereocenters. The molecule has 0 atom stereocenters. The van der Waals surface area contributed by atoms with Crippen molar-refractivity contribution in [2.45, 2.75) is 52.2 Å². The molecule has 1 amide bonds. The van der Waals surface area contributed by atoms with Gasteiger partial charge in [0.2, 0.25) is 0 Å². The number of carbonyl (C=O) groups is 1. The van der Waals surface area contributed by atoms with E-state index in [0.29, 0.717) is 6.54 Å². The number of rotatable bonds is 2. The number of aryl methyl sites for hydroxylation is 2. The summed E-state index contributed by atoms with van der Waals surface area (Å²) >= 11 is 0. The van der Waals surface area contributed by atoms with E-state index in [2.05, 4.69) is 23.5 Å². The fourth-order valence-corrected chi connectivity index (χ4v) is 2.22. The van der Waals surface area contributed by atoms with E-state index in [4.69, 9.17) is 4.74 Å². The standard InChI is InChI=1S/C15H21NO2/c1-15(2,3)18-14(17)16-10-11-7-8-12-5-4-6-13(12)9-11/h7-9H,4-6,10H2,1-3H3,(H,16,17). The van der Waals surface area contributed by atoms with E-state index in [1.807, 2.05) is 20.8 Å². The smallest absolute Gasteiger partial charge is 0.407 e. The second kappa shape index (κ2) is 5.01.